The van der Waals surface area contributed by atoms with E-state index in [4.69, 9.17) is 10.8 Å². The van der Waals surface area contributed by atoms with Crippen molar-refractivity contribution in [3.63, 3.8) is 0 Å². The molecule has 15 heavy (non-hydrogen) atoms. The maximum Gasteiger partial charge on any atom is 0.225 e. The highest BCUT2D eigenvalue weighted by atomic mass is 16.3. The molecule has 1 aromatic heterocycles. The molecule has 0 aromatic carbocycles. The van der Waals surface area contributed by atoms with Gasteiger partial charge in [-0.15, -0.1) is 0 Å². The van der Waals surface area contributed by atoms with Gasteiger partial charge in [0, 0.05) is 37.1 Å². The average molecular weight is 210 g/mol. The first kappa shape index (κ1) is 11.9. The van der Waals surface area contributed by atoms with Crippen molar-refractivity contribution in [2.45, 2.75) is 26.4 Å². The topological polar surface area (TPSA) is 75.3 Å². The third-order valence-corrected chi connectivity index (χ3v) is 2.15. The molecule has 1 rings (SSSR count). The molecule has 5 nitrogen and oxygen atoms in total. The molecule has 84 valence electrons. The van der Waals surface area contributed by atoms with Gasteiger partial charge in [0.25, 0.3) is 0 Å². The second kappa shape index (κ2) is 5.63. The zero-order chi connectivity index (χ0) is 11.3. The van der Waals surface area contributed by atoms with Gasteiger partial charge in [-0.1, -0.05) is 0 Å². The molecule has 1 heterocycles. The summed E-state index contributed by atoms with van der Waals surface area (Å²) in [5.41, 5.74) is 6.37. The van der Waals surface area contributed by atoms with Crippen LogP contribution >= 0.6 is 0 Å². The zero-order valence-electron chi connectivity index (χ0n) is 9.22. The van der Waals surface area contributed by atoms with Gasteiger partial charge in [-0.05, 0) is 13.8 Å². The van der Waals surface area contributed by atoms with Crippen molar-refractivity contribution in [2.75, 3.05) is 18.1 Å². The van der Waals surface area contributed by atoms with Gasteiger partial charge in [-0.2, -0.15) is 0 Å². The first-order chi connectivity index (χ1) is 7.19. The lowest BCUT2D eigenvalue weighted by Crippen LogP contribution is -2.34. The standard InChI is InChI=1S/C10H18N4O/c1-8(2)14(3-4-15)10-12-6-9(5-11)7-13-10/h6-8,15H,3-5,11H2,1-2H3. The minimum atomic E-state index is 0.0974. The molecule has 0 aliphatic rings. The van der Waals surface area contributed by atoms with Gasteiger partial charge in [0.2, 0.25) is 5.95 Å². The number of rotatable bonds is 5. The first-order valence-corrected chi connectivity index (χ1v) is 5.07. The van der Waals surface area contributed by atoms with E-state index in [0.717, 1.165) is 5.56 Å². The van der Waals surface area contributed by atoms with E-state index < -0.39 is 0 Å². The van der Waals surface area contributed by atoms with Crippen LogP contribution in [-0.2, 0) is 6.54 Å². The number of hydrogen-bond donors (Lipinski definition) is 2. The highest BCUT2D eigenvalue weighted by Crippen LogP contribution is 2.10. The van der Waals surface area contributed by atoms with Crippen LogP contribution in [0.15, 0.2) is 12.4 Å². The van der Waals surface area contributed by atoms with Crippen LogP contribution in [0.4, 0.5) is 5.95 Å². The minimum absolute atomic E-state index is 0.0974. The van der Waals surface area contributed by atoms with Crippen molar-refractivity contribution in [2.24, 2.45) is 5.73 Å². The largest absolute Gasteiger partial charge is 0.395 e. The first-order valence-electron chi connectivity index (χ1n) is 5.07. The molecule has 0 radical (unpaired) electrons. The van der Waals surface area contributed by atoms with Crippen LogP contribution in [0.1, 0.15) is 19.4 Å². The summed E-state index contributed by atoms with van der Waals surface area (Å²) < 4.78 is 0. The van der Waals surface area contributed by atoms with Crippen LogP contribution < -0.4 is 10.6 Å². The molecule has 0 aliphatic heterocycles. The number of hydrogen-bond acceptors (Lipinski definition) is 5. The molecule has 0 bridgehead atoms. The number of nitrogens with zero attached hydrogens (tertiary/aromatic N) is 3. The maximum atomic E-state index is 8.93. The van der Waals surface area contributed by atoms with E-state index in [-0.39, 0.29) is 12.6 Å². The predicted molar refractivity (Wildman–Crippen MR) is 59.5 cm³/mol. The molecule has 3 N–H and O–H groups in total. The fourth-order valence-corrected chi connectivity index (χ4v) is 1.30. The number of aromatic nitrogens is 2. The van der Waals surface area contributed by atoms with Crippen molar-refractivity contribution >= 4 is 5.95 Å². The Morgan fingerprint density at radius 3 is 2.40 bits per heavy atom. The summed E-state index contributed by atoms with van der Waals surface area (Å²) in [6, 6.07) is 0.265. The third-order valence-electron chi connectivity index (χ3n) is 2.15. The van der Waals surface area contributed by atoms with E-state index in [1.54, 1.807) is 12.4 Å². The summed E-state index contributed by atoms with van der Waals surface area (Å²) in [4.78, 5) is 10.4. The van der Waals surface area contributed by atoms with Crippen molar-refractivity contribution in [1.29, 1.82) is 0 Å². The highest BCUT2D eigenvalue weighted by molar-refractivity contribution is 5.30. The molecule has 1 aromatic rings. The van der Waals surface area contributed by atoms with E-state index in [9.17, 15) is 0 Å². The van der Waals surface area contributed by atoms with Crippen LogP contribution in [0, 0.1) is 0 Å². The Labute approximate surface area is 90.0 Å². The lowest BCUT2D eigenvalue weighted by Gasteiger charge is -2.25. The van der Waals surface area contributed by atoms with E-state index in [2.05, 4.69) is 9.97 Å². The van der Waals surface area contributed by atoms with Gasteiger partial charge in [0.05, 0.1) is 6.61 Å². The summed E-state index contributed by atoms with van der Waals surface area (Å²) >= 11 is 0. The van der Waals surface area contributed by atoms with Gasteiger partial charge < -0.3 is 15.7 Å². The van der Waals surface area contributed by atoms with Crippen LogP contribution in [0.2, 0.25) is 0 Å². The molecule has 0 spiro atoms. The van der Waals surface area contributed by atoms with E-state index >= 15 is 0 Å². The van der Waals surface area contributed by atoms with Crippen molar-refractivity contribution < 1.29 is 5.11 Å². The number of aliphatic hydroxyl groups excluding tert-OH is 1. The van der Waals surface area contributed by atoms with Crippen LogP contribution in [0.25, 0.3) is 0 Å². The Morgan fingerprint density at radius 1 is 1.40 bits per heavy atom. The van der Waals surface area contributed by atoms with Gasteiger partial charge >= 0.3 is 0 Å². The molecular weight excluding hydrogens is 192 g/mol. The van der Waals surface area contributed by atoms with Crippen LogP contribution in [-0.4, -0.2) is 34.3 Å². The summed E-state index contributed by atoms with van der Waals surface area (Å²) in [7, 11) is 0. The fraction of sp³-hybridized carbons (Fsp3) is 0.600. The Balaban J connectivity index is 2.81. The SMILES string of the molecule is CC(C)N(CCO)c1ncc(CN)cn1. The number of aliphatic hydroxyl groups is 1. The summed E-state index contributed by atoms with van der Waals surface area (Å²) in [6.07, 6.45) is 3.43. The molecule has 0 unspecified atom stereocenters. The normalized spacial score (nSPS) is 10.7. The Hall–Kier alpha value is -1.20. The maximum absolute atomic E-state index is 8.93. The smallest absolute Gasteiger partial charge is 0.225 e. The van der Waals surface area contributed by atoms with Gasteiger partial charge in [-0.3, -0.25) is 0 Å². The molecular formula is C10H18N4O. The van der Waals surface area contributed by atoms with E-state index in [1.165, 1.54) is 0 Å². The number of nitrogens with two attached hydrogens (primary N) is 1. The van der Waals surface area contributed by atoms with Crippen LogP contribution in [0.5, 0.6) is 0 Å². The van der Waals surface area contributed by atoms with Crippen molar-refractivity contribution in [3.05, 3.63) is 18.0 Å². The molecule has 0 saturated carbocycles. The monoisotopic (exact) mass is 210 g/mol. The summed E-state index contributed by atoms with van der Waals surface area (Å²) in [5.74, 6) is 0.635. The molecule has 0 aliphatic carbocycles. The third kappa shape index (κ3) is 3.14. The van der Waals surface area contributed by atoms with Gasteiger partial charge in [-0.25, -0.2) is 9.97 Å². The summed E-state index contributed by atoms with van der Waals surface area (Å²) in [6.45, 7) is 5.16. The van der Waals surface area contributed by atoms with Gasteiger partial charge in [0.1, 0.15) is 0 Å². The summed E-state index contributed by atoms with van der Waals surface area (Å²) in [5, 5.41) is 8.93. The Morgan fingerprint density at radius 2 is 2.00 bits per heavy atom. The van der Waals surface area contributed by atoms with E-state index in [1.807, 2.05) is 18.7 Å². The molecule has 0 fully saturated rings. The molecule has 0 atom stereocenters. The fourth-order valence-electron chi connectivity index (χ4n) is 1.30. The lowest BCUT2D eigenvalue weighted by atomic mass is 10.3. The van der Waals surface area contributed by atoms with Gasteiger partial charge in [0.15, 0.2) is 0 Å². The molecule has 0 saturated heterocycles. The highest BCUT2D eigenvalue weighted by Gasteiger charge is 2.11. The predicted octanol–water partition coefficient (Wildman–Crippen LogP) is 0.142. The second-order valence-electron chi connectivity index (χ2n) is 3.61. The average Bonchev–Trinajstić information content (AvgIpc) is 2.26. The molecule has 5 heteroatoms. The second-order valence-corrected chi connectivity index (χ2v) is 3.61. The van der Waals surface area contributed by atoms with E-state index in [0.29, 0.717) is 19.0 Å². The minimum Gasteiger partial charge on any atom is -0.395 e. The van der Waals surface area contributed by atoms with Crippen LogP contribution in [0.3, 0.4) is 0 Å². The Bertz CT molecular complexity index is 286. The van der Waals surface area contributed by atoms with Crippen molar-refractivity contribution in [3.8, 4) is 0 Å². The zero-order valence-corrected chi connectivity index (χ0v) is 9.22. The quantitative estimate of drug-likeness (QED) is 0.723. The van der Waals surface area contributed by atoms with Crippen molar-refractivity contribution in [1.82, 2.24) is 9.97 Å². The lowest BCUT2D eigenvalue weighted by molar-refractivity contribution is 0.298. The molecule has 0 amide bonds. The Kier molecular flexibility index (Phi) is 4.45. The number of anilines is 1.